The van der Waals surface area contributed by atoms with Gasteiger partial charge in [-0.3, -0.25) is 0 Å². The van der Waals surface area contributed by atoms with Crippen LogP contribution in [0.3, 0.4) is 0 Å². The minimum absolute atomic E-state index is 0.462. The van der Waals surface area contributed by atoms with E-state index in [2.05, 4.69) is 32.0 Å². The molecule has 0 saturated carbocycles. The quantitative estimate of drug-likeness (QED) is 0.762. The molecule has 2 heteroatoms. The summed E-state index contributed by atoms with van der Waals surface area (Å²) in [6.45, 7) is 4.36. The van der Waals surface area contributed by atoms with Gasteiger partial charge in [0, 0.05) is 16.3 Å². The van der Waals surface area contributed by atoms with Crippen LogP contribution in [0.15, 0.2) is 42.5 Å². The number of benzene rings is 2. The van der Waals surface area contributed by atoms with Crippen molar-refractivity contribution >= 4 is 17.3 Å². The molecule has 0 unspecified atom stereocenters. The van der Waals surface area contributed by atoms with Crippen molar-refractivity contribution in [2.24, 2.45) is 0 Å². The summed E-state index contributed by atoms with van der Waals surface area (Å²) in [6, 6.07) is 13.9. The predicted molar refractivity (Wildman–Crippen MR) is 75.4 cm³/mol. The van der Waals surface area contributed by atoms with Crippen LogP contribution in [-0.2, 0) is 0 Å². The van der Waals surface area contributed by atoms with E-state index in [9.17, 15) is 0 Å². The number of halogens is 1. The van der Waals surface area contributed by atoms with Gasteiger partial charge in [-0.15, -0.1) is 0 Å². The number of hydrogen-bond acceptors (Lipinski definition) is 1. The molecule has 2 rings (SSSR count). The van der Waals surface area contributed by atoms with Crippen molar-refractivity contribution in [3.05, 3.63) is 53.1 Å². The Morgan fingerprint density at radius 3 is 2.41 bits per heavy atom. The number of hydrogen-bond donors (Lipinski definition) is 1. The number of nitrogen functional groups attached to an aromatic ring is 1. The number of rotatable bonds is 2. The Hall–Kier alpha value is -1.47. The molecular weight excluding hydrogens is 230 g/mol. The molecule has 1 nitrogen and oxygen atoms in total. The summed E-state index contributed by atoms with van der Waals surface area (Å²) in [6.07, 6.45) is 0. The second-order valence-corrected chi connectivity index (χ2v) is 4.89. The Kier molecular flexibility index (Phi) is 3.39. The second-order valence-electron chi connectivity index (χ2n) is 4.48. The topological polar surface area (TPSA) is 26.0 Å². The van der Waals surface area contributed by atoms with Crippen molar-refractivity contribution in [2.75, 3.05) is 5.73 Å². The summed E-state index contributed by atoms with van der Waals surface area (Å²) in [5, 5.41) is 0.743. The van der Waals surface area contributed by atoms with Crippen molar-refractivity contribution in [2.45, 2.75) is 19.8 Å². The van der Waals surface area contributed by atoms with Gasteiger partial charge in [-0.25, -0.2) is 0 Å². The first-order chi connectivity index (χ1) is 8.09. The Balaban J connectivity index is 2.64. The van der Waals surface area contributed by atoms with Gasteiger partial charge in [0.05, 0.1) is 0 Å². The van der Waals surface area contributed by atoms with Gasteiger partial charge in [-0.2, -0.15) is 0 Å². The second kappa shape index (κ2) is 4.80. The third-order valence-corrected chi connectivity index (χ3v) is 3.19. The summed E-state index contributed by atoms with van der Waals surface area (Å²) in [5.41, 5.74) is 10.0. The van der Waals surface area contributed by atoms with Crippen LogP contribution in [0.5, 0.6) is 0 Å². The maximum absolute atomic E-state index is 6.25. The molecule has 0 heterocycles. The molecule has 0 saturated heterocycles. The van der Waals surface area contributed by atoms with Crippen molar-refractivity contribution in [1.82, 2.24) is 0 Å². The monoisotopic (exact) mass is 245 g/mol. The molecule has 0 fully saturated rings. The molecule has 0 atom stereocenters. The lowest BCUT2D eigenvalue weighted by Crippen LogP contribution is -1.93. The normalized spacial score (nSPS) is 10.8. The standard InChI is InChI=1S/C15H16ClN/c1-10(2)12-5-3-4-6-13(12)14-9-11(17)7-8-15(14)16/h3-10H,17H2,1-2H3. The highest BCUT2D eigenvalue weighted by Gasteiger charge is 2.10. The molecule has 0 amide bonds. The summed E-state index contributed by atoms with van der Waals surface area (Å²) in [4.78, 5) is 0. The number of anilines is 1. The molecule has 0 aliphatic rings. The van der Waals surface area contributed by atoms with E-state index in [-0.39, 0.29) is 0 Å². The Bertz CT molecular complexity index is 532. The first kappa shape index (κ1) is 12.0. The smallest absolute Gasteiger partial charge is 0.0486 e. The molecule has 88 valence electrons. The minimum Gasteiger partial charge on any atom is -0.399 e. The van der Waals surface area contributed by atoms with Crippen LogP contribution < -0.4 is 5.73 Å². The van der Waals surface area contributed by atoms with Crippen molar-refractivity contribution < 1.29 is 0 Å². The SMILES string of the molecule is CC(C)c1ccccc1-c1cc(N)ccc1Cl. The first-order valence-electron chi connectivity index (χ1n) is 5.74. The van der Waals surface area contributed by atoms with Gasteiger partial charge in [0.25, 0.3) is 0 Å². The maximum Gasteiger partial charge on any atom is 0.0486 e. The van der Waals surface area contributed by atoms with Crippen LogP contribution in [0.4, 0.5) is 5.69 Å². The van der Waals surface area contributed by atoms with Crippen LogP contribution in [0.25, 0.3) is 11.1 Å². The molecule has 0 bridgehead atoms. The molecule has 0 radical (unpaired) electrons. The summed E-state index contributed by atoms with van der Waals surface area (Å²) >= 11 is 6.25. The summed E-state index contributed by atoms with van der Waals surface area (Å²) in [7, 11) is 0. The fourth-order valence-electron chi connectivity index (χ4n) is 2.00. The lowest BCUT2D eigenvalue weighted by molar-refractivity contribution is 0.869. The third-order valence-electron chi connectivity index (χ3n) is 2.86. The predicted octanol–water partition coefficient (Wildman–Crippen LogP) is 4.71. The van der Waals surface area contributed by atoms with Gasteiger partial charge in [0.15, 0.2) is 0 Å². The molecule has 2 N–H and O–H groups in total. The minimum atomic E-state index is 0.462. The third kappa shape index (κ3) is 2.45. The highest BCUT2D eigenvalue weighted by Crippen LogP contribution is 2.34. The van der Waals surface area contributed by atoms with Gasteiger partial charge in [-0.05, 0) is 35.2 Å². The van der Waals surface area contributed by atoms with E-state index in [0.717, 1.165) is 16.3 Å². The van der Waals surface area contributed by atoms with Crippen molar-refractivity contribution in [3.63, 3.8) is 0 Å². The lowest BCUT2D eigenvalue weighted by Gasteiger charge is -2.14. The fraction of sp³-hybridized carbons (Fsp3) is 0.200. The van der Waals surface area contributed by atoms with Gasteiger partial charge < -0.3 is 5.73 Å². The Morgan fingerprint density at radius 1 is 1.00 bits per heavy atom. The molecule has 2 aromatic carbocycles. The van der Waals surface area contributed by atoms with E-state index in [1.807, 2.05) is 24.3 Å². The fourth-order valence-corrected chi connectivity index (χ4v) is 2.21. The zero-order valence-electron chi connectivity index (χ0n) is 10.1. The van der Waals surface area contributed by atoms with Crippen molar-refractivity contribution in [3.8, 4) is 11.1 Å². The zero-order valence-corrected chi connectivity index (χ0v) is 10.8. The van der Waals surface area contributed by atoms with Gasteiger partial charge >= 0.3 is 0 Å². The van der Waals surface area contributed by atoms with Crippen LogP contribution in [-0.4, -0.2) is 0 Å². The van der Waals surface area contributed by atoms with Crippen LogP contribution in [0.2, 0.25) is 5.02 Å². The average molecular weight is 246 g/mol. The average Bonchev–Trinajstić information content (AvgIpc) is 2.32. The molecule has 0 aliphatic carbocycles. The first-order valence-corrected chi connectivity index (χ1v) is 6.11. The van der Waals surface area contributed by atoms with Gasteiger partial charge in [0.2, 0.25) is 0 Å². The highest BCUT2D eigenvalue weighted by molar-refractivity contribution is 6.33. The largest absolute Gasteiger partial charge is 0.399 e. The highest BCUT2D eigenvalue weighted by atomic mass is 35.5. The summed E-state index contributed by atoms with van der Waals surface area (Å²) in [5.74, 6) is 0.462. The molecule has 0 spiro atoms. The lowest BCUT2D eigenvalue weighted by atomic mass is 9.92. The van der Waals surface area contributed by atoms with E-state index in [0.29, 0.717) is 5.92 Å². The molecule has 0 aromatic heterocycles. The van der Waals surface area contributed by atoms with Gasteiger partial charge in [0.1, 0.15) is 0 Å². The van der Waals surface area contributed by atoms with E-state index in [1.165, 1.54) is 11.1 Å². The molecular formula is C15H16ClN. The molecule has 0 aliphatic heterocycles. The Morgan fingerprint density at radius 2 is 1.71 bits per heavy atom. The summed E-state index contributed by atoms with van der Waals surface area (Å²) < 4.78 is 0. The Labute approximate surface area is 107 Å². The van der Waals surface area contributed by atoms with E-state index in [4.69, 9.17) is 17.3 Å². The van der Waals surface area contributed by atoms with Crippen LogP contribution >= 0.6 is 11.6 Å². The van der Waals surface area contributed by atoms with Gasteiger partial charge in [-0.1, -0.05) is 49.7 Å². The van der Waals surface area contributed by atoms with Crippen LogP contribution in [0.1, 0.15) is 25.3 Å². The van der Waals surface area contributed by atoms with Crippen LogP contribution in [0, 0.1) is 0 Å². The van der Waals surface area contributed by atoms with E-state index >= 15 is 0 Å². The maximum atomic E-state index is 6.25. The number of nitrogens with two attached hydrogens (primary N) is 1. The van der Waals surface area contributed by atoms with E-state index < -0.39 is 0 Å². The zero-order chi connectivity index (χ0) is 12.4. The molecule has 17 heavy (non-hydrogen) atoms. The molecule has 2 aromatic rings. The van der Waals surface area contributed by atoms with Crippen molar-refractivity contribution in [1.29, 1.82) is 0 Å². The van der Waals surface area contributed by atoms with E-state index in [1.54, 1.807) is 0 Å².